The summed E-state index contributed by atoms with van der Waals surface area (Å²) in [6, 6.07) is 7.69. The largest absolute Gasteiger partial charge is 0.385 e. The summed E-state index contributed by atoms with van der Waals surface area (Å²) in [4.78, 5) is 11.8. The Balaban J connectivity index is 2.48. The SMILES string of the molecule is CCCCCNc1cccc(C(=O)NCCC)c1. The van der Waals surface area contributed by atoms with Gasteiger partial charge in [0.1, 0.15) is 0 Å². The first-order valence-electron chi connectivity index (χ1n) is 6.90. The van der Waals surface area contributed by atoms with Crippen LogP contribution in [0.3, 0.4) is 0 Å². The van der Waals surface area contributed by atoms with Gasteiger partial charge >= 0.3 is 0 Å². The van der Waals surface area contributed by atoms with Crippen LogP contribution in [0, 0.1) is 0 Å². The molecule has 1 rings (SSSR count). The molecule has 1 aromatic rings. The molecule has 1 aromatic carbocycles. The maximum Gasteiger partial charge on any atom is 0.251 e. The Kier molecular flexibility index (Phi) is 6.92. The molecule has 0 aliphatic heterocycles. The second-order valence-corrected chi connectivity index (χ2v) is 4.47. The average Bonchev–Trinajstić information content (AvgIpc) is 2.41. The Hall–Kier alpha value is -1.51. The zero-order valence-corrected chi connectivity index (χ0v) is 11.5. The van der Waals surface area contributed by atoms with Crippen LogP contribution < -0.4 is 10.6 Å². The van der Waals surface area contributed by atoms with Gasteiger partial charge in [-0.3, -0.25) is 4.79 Å². The normalized spacial score (nSPS) is 10.1. The standard InChI is InChI=1S/C15H24N2O/c1-3-5-6-11-16-14-9-7-8-13(12-14)15(18)17-10-4-2/h7-9,12,16H,3-6,10-11H2,1-2H3,(H,17,18). The molecule has 0 aliphatic rings. The molecule has 0 saturated carbocycles. The molecular formula is C15H24N2O. The smallest absolute Gasteiger partial charge is 0.251 e. The molecule has 0 heterocycles. The summed E-state index contributed by atoms with van der Waals surface area (Å²) >= 11 is 0. The van der Waals surface area contributed by atoms with E-state index in [0.717, 1.165) is 30.8 Å². The monoisotopic (exact) mass is 248 g/mol. The Morgan fingerprint density at radius 3 is 2.67 bits per heavy atom. The lowest BCUT2D eigenvalue weighted by atomic mass is 10.2. The fourth-order valence-electron chi connectivity index (χ4n) is 1.72. The molecule has 0 aromatic heterocycles. The highest BCUT2D eigenvalue weighted by Crippen LogP contribution is 2.11. The lowest BCUT2D eigenvalue weighted by Gasteiger charge is -2.08. The molecule has 0 fully saturated rings. The van der Waals surface area contributed by atoms with E-state index in [-0.39, 0.29) is 5.91 Å². The van der Waals surface area contributed by atoms with Gasteiger partial charge in [-0.25, -0.2) is 0 Å². The molecule has 2 N–H and O–H groups in total. The minimum atomic E-state index is 0.00839. The van der Waals surface area contributed by atoms with Crippen molar-refractivity contribution in [2.75, 3.05) is 18.4 Å². The zero-order chi connectivity index (χ0) is 13.2. The van der Waals surface area contributed by atoms with E-state index in [9.17, 15) is 4.79 Å². The van der Waals surface area contributed by atoms with Crippen LogP contribution in [0.5, 0.6) is 0 Å². The zero-order valence-electron chi connectivity index (χ0n) is 11.5. The van der Waals surface area contributed by atoms with Crippen molar-refractivity contribution in [3.05, 3.63) is 29.8 Å². The fraction of sp³-hybridized carbons (Fsp3) is 0.533. The van der Waals surface area contributed by atoms with Crippen molar-refractivity contribution in [3.63, 3.8) is 0 Å². The van der Waals surface area contributed by atoms with Gasteiger partial charge in [0, 0.05) is 24.3 Å². The third-order valence-corrected chi connectivity index (χ3v) is 2.77. The van der Waals surface area contributed by atoms with Crippen LogP contribution in [0.1, 0.15) is 49.9 Å². The number of anilines is 1. The van der Waals surface area contributed by atoms with Gasteiger partial charge in [-0.1, -0.05) is 32.8 Å². The molecule has 0 aliphatic carbocycles. The van der Waals surface area contributed by atoms with Crippen LogP contribution >= 0.6 is 0 Å². The molecule has 0 spiro atoms. The summed E-state index contributed by atoms with van der Waals surface area (Å²) in [6.45, 7) is 5.94. The molecule has 0 unspecified atom stereocenters. The molecule has 0 bridgehead atoms. The number of carbonyl (C=O) groups excluding carboxylic acids is 1. The minimum absolute atomic E-state index is 0.00839. The van der Waals surface area contributed by atoms with E-state index in [1.807, 2.05) is 31.2 Å². The lowest BCUT2D eigenvalue weighted by molar-refractivity contribution is 0.0953. The average molecular weight is 248 g/mol. The summed E-state index contributed by atoms with van der Waals surface area (Å²) in [6.07, 6.45) is 4.59. The van der Waals surface area contributed by atoms with Gasteiger partial charge < -0.3 is 10.6 Å². The summed E-state index contributed by atoms with van der Waals surface area (Å²) in [5.74, 6) is 0.00839. The quantitative estimate of drug-likeness (QED) is 0.692. The van der Waals surface area contributed by atoms with Crippen molar-refractivity contribution in [2.24, 2.45) is 0 Å². The molecule has 100 valence electrons. The first kappa shape index (κ1) is 14.6. The molecule has 3 nitrogen and oxygen atoms in total. The van der Waals surface area contributed by atoms with Gasteiger partial charge in [-0.15, -0.1) is 0 Å². The molecular weight excluding hydrogens is 224 g/mol. The van der Waals surface area contributed by atoms with Crippen LogP contribution in [-0.2, 0) is 0 Å². The summed E-state index contributed by atoms with van der Waals surface area (Å²) in [7, 11) is 0. The van der Waals surface area contributed by atoms with Crippen LogP contribution in [0.15, 0.2) is 24.3 Å². The maximum absolute atomic E-state index is 11.8. The first-order valence-corrected chi connectivity index (χ1v) is 6.90. The van der Waals surface area contributed by atoms with Crippen LogP contribution in [0.4, 0.5) is 5.69 Å². The maximum atomic E-state index is 11.8. The number of carbonyl (C=O) groups is 1. The molecule has 3 heteroatoms. The predicted molar refractivity (Wildman–Crippen MR) is 77.1 cm³/mol. The van der Waals surface area contributed by atoms with Gasteiger partial charge in [0.15, 0.2) is 0 Å². The van der Waals surface area contributed by atoms with Crippen molar-refractivity contribution >= 4 is 11.6 Å². The molecule has 0 saturated heterocycles. The third kappa shape index (κ3) is 5.21. The highest BCUT2D eigenvalue weighted by molar-refractivity contribution is 5.95. The van der Waals surface area contributed by atoms with E-state index in [1.54, 1.807) is 0 Å². The number of hydrogen-bond acceptors (Lipinski definition) is 2. The number of benzene rings is 1. The number of hydrogen-bond donors (Lipinski definition) is 2. The van der Waals surface area contributed by atoms with Gasteiger partial charge in [-0.05, 0) is 31.0 Å². The summed E-state index contributed by atoms with van der Waals surface area (Å²) in [5.41, 5.74) is 1.75. The lowest BCUT2D eigenvalue weighted by Crippen LogP contribution is -2.23. The topological polar surface area (TPSA) is 41.1 Å². The molecule has 18 heavy (non-hydrogen) atoms. The van der Waals surface area contributed by atoms with Crippen molar-refractivity contribution in [1.82, 2.24) is 5.32 Å². The van der Waals surface area contributed by atoms with E-state index in [2.05, 4.69) is 17.6 Å². The summed E-state index contributed by atoms with van der Waals surface area (Å²) in [5, 5.41) is 6.24. The molecule has 1 amide bonds. The van der Waals surface area contributed by atoms with E-state index < -0.39 is 0 Å². The Bertz CT molecular complexity index is 363. The minimum Gasteiger partial charge on any atom is -0.385 e. The Morgan fingerprint density at radius 2 is 1.94 bits per heavy atom. The Morgan fingerprint density at radius 1 is 1.11 bits per heavy atom. The number of unbranched alkanes of at least 4 members (excludes halogenated alkanes) is 2. The third-order valence-electron chi connectivity index (χ3n) is 2.77. The highest BCUT2D eigenvalue weighted by Gasteiger charge is 2.04. The van der Waals surface area contributed by atoms with Crippen molar-refractivity contribution in [3.8, 4) is 0 Å². The number of nitrogens with one attached hydrogen (secondary N) is 2. The molecule has 0 radical (unpaired) electrons. The van der Waals surface area contributed by atoms with Crippen molar-refractivity contribution in [2.45, 2.75) is 39.5 Å². The van der Waals surface area contributed by atoms with Gasteiger partial charge in [0.25, 0.3) is 5.91 Å². The molecule has 0 atom stereocenters. The van der Waals surface area contributed by atoms with Crippen LogP contribution in [-0.4, -0.2) is 19.0 Å². The first-order chi connectivity index (χ1) is 8.77. The second-order valence-electron chi connectivity index (χ2n) is 4.47. The van der Waals surface area contributed by atoms with Gasteiger partial charge in [0.05, 0.1) is 0 Å². The van der Waals surface area contributed by atoms with Crippen molar-refractivity contribution in [1.29, 1.82) is 0 Å². The van der Waals surface area contributed by atoms with E-state index in [4.69, 9.17) is 0 Å². The van der Waals surface area contributed by atoms with Crippen molar-refractivity contribution < 1.29 is 4.79 Å². The predicted octanol–water partition coefficient (Wildman–Crippen LogP) is 3.43. The highest BCUT2D eigenvalue weighted by atomic mass is 16.1. The second kappa shape index (κ2) is 8.56. The van der Waals surface area contributed by atoms with Gasteiger partial charge in [-0.2, -0.15) is 0 Å². The summed E-state index contributed by atoms with van der Waals surface area (Å²) < 4.78 is 0. The van der Waals surface area contributed by atoms with E-state index in [0.29, 0.717) is 0 Å². The van der Waals surface area contributed by atoms with E-state index in [1.165, 1.54) is 19.3 Å². The number of rotatable bonds is 8. The fourth-order valence-corrected chi connectivity index (χ4v) is 1.72. The Labute approximate surface area is 110 Å². The van der Waals surface area contributed by atoms with E-state index >= 15 is 0 Å². The van der Waals surface area contributed by atoms with Crippen LogP contribution in [0.2, 0.25) is 0 Å². The number of amides is 1. The van der Waals surface area contributed by atoms with Crippen LogP contribution in [0.25, 0.3) is 0 Å². The van der Waals surface area contributed by atoms with Gasteiger partial charge in [0.2, 0.25) is 0 Å².